The smallest absolute Gasteiger partial charge is 0.189 e. The molecule has 49 heavy (non-hydrogen) atoms. The van der Waals surface area contributed by atoms with Crippen molar-refractivity contribution in [3.05, 3.63) is 132 Å². The van der Waals surface area contributed by atoms with Crippen LogP contribution in [0, 0.1) is 0 Å². The van der Waals surface area contributed by atoms with Gasteiger partial charge in [0, 0.05) is 19.6 Å². The Morgan fingerprint density at radius 1 is 0.755 bits per heavy atom. The van der Waals surface area contributed by atoms with Gasteiger partial charge in [0.25, 0.3) is 0 Å². The second-order valence-corrected chi connectivity index (χ2v) is 21.1. The molecule has 2 saturated heterocycles. The molecule has 0 bridgehead atoms. The fraction of sp³-hybridized carbons (Fsp3) is 0.400. The van der Waals surface area contributed by atoms with Crippen molar-refractivity contribution in [1.82, 2.24) is 0 Å². The summed E-state index contributed by atoms with van der Waals surface area (Å²) in [5, 5.41) is 11.6. The highest BCUT2D eigenvalue weighted by molar-refractivity contribution is 7.99. The Morgan fingerprint density at radius 2 is 1.29 bits per heavy atom. The summed E-state index contributed by atoms with van der Waals surface area (Å²) < 4.78 is 38.0. The third-order valence-corrected chi connectivity index (χ3v) is 11.7. The Morgan fingerprint density at radius 3 is 1.82 bits per heavy atom. The molecule has 260 valence electrons. The molecular formula is C40H48O7SSi. The second-order valence-electron chi connectivity index (χ2n) is 14.3. The fourth-order valence-corrected chi connectivity index (χ4v) is 8.17. The summed E-state index contributed by atoms with van der Waals surface area (Å²) in [6, 6.07) is 39.7. The van der Waals surface area contributed by atoms with E-state index in [1.165, 1.54) is 11.8 Å². The van der Waals surface area contributed by atoms with E-state index in [1.54, 1.807) is 0 Å². The third kappa shape index (κ3) is 8.67. The molecule has 6 rings (SSSR count). The van der Waals surface area contributed by atoms with Gasteiger partial charge >= 0.3 is 0 Å². The molecule has 2 heterocycles. The van der Waals surface area contributed by atoms with E-state index in [-0.39, 0.29) is 13.4 Å². The Balaban J connectivity index is 1.22. The van der Waals surface area contributed by atoms with Crippen LogP contribution in [0.25, 0.3) is 0 Å². The Bertz CT molecular complexity index is 1500. The maximum absolute atomic E-state index is 11.6. The highest BCUT2D eigenvalue weighted by Gasteiger charge is 2.55. The first-order chi connectivity index (χ1) is 23.5. The number of aliphatic hydroxyl groups is 1. The molecule has 2 aliphatic heterocycles. The highest BCUT2D eigenvalue weighted by atomic mass is 32.2. The molecule has 0 unspecified atom stereocenters. The van der Waals surface area contributed by atoms with Crippen LogP contribution in [0.2, 0.25) is 25.7 Å². The molecule has 4 aromatic rings. The molecule has 0 spiro atoms. The van der Waals surface area contributed by atoms with Crippen molar-refractivity contribution in [1.29, 1.82) is 0 Å². The van der Waals surface area contributed by atoms with Gasteiger partial charge in [-0.25, -0.2) is 0 Å². The molecule has 2 aliphatic rings. The van der Waals surface area contributed by atoms with Gasteiger partial charge < -0.3 is 33.5 Å². The molecule has 4 aromatic carbocycles. The summed E-state index contributed by atoms with van der Waals surface area (Å²) in [7, 11) is -1.14. The lowest BCUT2D eigenvalue weighted by atomic mass is 9.80. The molecular weight excluding hydrogens is 653 g/mol. The summed E-state index contributed by atoms with van der Waals surface area (Å²) in [6.45, 7) is 11.8. The molecule has 5 atom stereocenters. The summed E-state index contributed by atoms with van der Waals surface area (Å²) in [5.41, 5.74) is 1.45. The first kappa shape index (κ1) is 35.8. The number of ether oxygens (including phenoxy) is 6. The number of fused-ring (bicyclic) bond motifs is 1. The van der Waals surface area contributed by atoms with Crippen molar-refractivity contribution in [2.75, 3.05) is 20.0 Å². The van der Waals surface area contributed by atoms with Crippen LogP contribution in [0.5, 0.6) is 5.75 Å². The quantitative estimate of drug-likeness (QED) is 0.0613. The maximum atomic E-state index is 11.6. The van der Waals surface area contributed by atoms with Crippen LogP contribution >= 0.6 is 11.8 Å². The van der Waals surface area contributed by atoms with E-state index in [9.17, 15) is 5.11 Å². The lowest BCUT2D eigenvalue weighted by Gasteiger charge is -2.42. The number of rotatable bonds is 14. The molecule has 2 fully saturated rings. The van der Waals surface area contributed by atoms with Gasteiger partial charge in [-0.15, -0.1) is 0 Å². The minimum absolute atomic E-state index is 0.188. The first-order valence-corrected chi connectivity index (χ1v) is 21.6. The average molecular weight is 701 g/mol. The third-order valence-electron chi connectivity index (χ3n) is 8.84. The number of benzene rings is 4. The van der Waals surface area contributed by atoms with E-state index in [1.807, 2.05) is 92.7 Å². The predicted molar refractivity (Wildman–Crippen MR) is 196 cm³/mol. The number of aliphatic hydroxyl groups excluding tert-OH is 1. The van der Waals surface area contributed by atoms with Crippen molar-refractivity contribution >= 4 is 19.8 Å². The van der Waals surface area contributed by atoms with Gasteiger partial charge in [-0.2, -0.15) is 0 Å². The van der Waals surface area contributed by atoms with Gasteiger partial charge in [-0.1, -0.05) is 122 Å². The minimum Gasteiger partial charge on any atom is -0.468 e. The van der Waals surface area contributed by atoms with Crippen LogP contribution < -0.4 is 4.74 Å². The van der Waals surface area contributed by atoms with Crippen molar-refractivity contribution in [3.8, 4) is 5.75 Å². The molecule has 9 heteroatoms. The largest absolute Gasteiger partial charge is 0.468 e. The van der Waals surface area contributed by atoms with Gasteiger partial charge in [0.2, 0.25) is 0 Å². The van der Waals surface area contributed by atoms with Crippen LogP contribution in [0.15, 0.2) is 120 Å². The SMILES string of the molecule is CC1(C)O[C@@H]2[C@@H](O)[C@H](Sc3ccc(OCOCC[Si](C)(C)C)cc3)O[C@H](COC(c3ccccc3)(c3ccccc3)c3ccccc3)[C@@H]2O1. The normalized spacial score (nSPS) is 23.6. The zero-order valence-electron chi connectivity index (χ0n) is 29.0. The van der Waals surface area contributed by atoms with Crippen molar-refractivity contribution < 1.29 is 33.5 Å². The zero-order valence-corrected chi connectivity index (χ0v) is 30.8. The molecule has 1 N–H and O–H groups in total. The Labute approximate surface area is 295 Å². The van der Waals surface area contributed by atoms with E-state index < -0.39 is 49.3 Å². The molecule has 7 nitrogen and oxygen atoms in total. The molecule has 0 amide bonds. The van der Waals surface area contributed by atoms with Gasteiger partial charge in [0.05, 0.1) is 6.61 Å². The van der Waals surface area contributed by atoms with Crippen LogP contribution in [0.4, 0.5) is 0 Å². The number of hydrogen-bond donors (Lipinski definition) is 1. The number of hydrogen-bond acceptors (Lipinski definition) is 8. The molecule has 0 saturated carbocycles. The van der Waals surface area contributed by atoms with Crippen molar-refractivity contribution in [2.45, 2.75) is 85.7 Å². The first-order valence-electron chi connectivity index (χ1n) is 17.0. The van der Waals surface area contributed by atoms with E-state index in [0.717, 1.165) is 33.4 Å². The molecule has 0 radical (unpaired) electrons. The highest BCUT2D eigenvalue weighted by Crippen LogP contribution is 2.45. The van der Waals surface area contributed by atoms with Crippen LogP contribution in [-0.2, 0) is 29.3 Å². The summed E-state index contributed by atoms with van der Waals surface area (Å²) in [4.78, 5) is 0.930. The van der Waals surface area contributed by atoms with Gasteiger partial charge in [-0.05, 0) is 60.8 Å². The zero-order chi connectivity index (χ0) is 34.5. The minimum atomic E-state index is -1.14. The monoisotopic (exact) mass is 700 g/mol. The fourth-order valence-electron chi connectivity index (χ4n) is 6.36. The van der Waals surface area contributed by atoms with E-state index in [2.05, 4.69) is 56.0 Å². The maximum Gasteiger partial charge on any atom is 0.189 e. The molecule has 0 aliphatic carbocycles. The van der Waals surface area contributed by atoms with Crippen molar-refractivity contribution in [2.24, 2.45) is 0 Å². The Kier molecular flexibility index (Phi) is 11.3. The summed E-state index contributed by atoms with van der Waals surface area (Å²) in [6.07, 6.45) is -2.58. The van der Waals surface area contributed by atoms with E-state index >= 15 is 0 Å². The average Bonchev–Trinajstić information content (AvgIpc) is 3.44. The standard InChI is InChI=1S/C40H48O7SSi/c1-39(2)46-36-34(27-44-40(29-15-9-6-10-16-29,30-17-11-7-12-18-30)31-19-13-8-14-20-31)45-38(35(41)37(36)47-39)48-33-23-21-32(22-24-33)43-28-42-25-26-49(3,4)5/h6-24,34-38,41H,25-28H2,1-5H3/t34-,35-,36+,37-,38+/m1/s1. The van der Waals surface area contributed by atoms with Gasteiger partial charge in [0.15, 0.2) is 12.6 Å². The Hall–Kier alpha value is -2.99. The van der Waals surface area contributed by atoms with E-state index in [0.29, 0.717) is 6.61 Å². The second kappa shape index (κ2) is 15.5. The number of thioether (sulfide) groups is 1. The van der Waals surface area contributed by atoms with Gasteiger partial charge in [0.1, 0.15) is 41.2 Å². The van der Waals surface area contributed by atoms with Crippen LogP contribution in [-0.4, -0.2) is 68.8 Å². The van der Waals surface area contributed by atoms with E-state index in [4.69, 9.17) is 28.4 Å². The van der Waals surface area contributed by atoms with Crippen LogP contribution in [0.1, 0.15) is 30.5 Å². The predicted octanol–water partition coefficient (Wildman–Crippen LogP) is 8.08. The van der Waals surface area contributed by atoms with Gasteiger partial charge in [-0.3, -0.25) is 0 Å². The summed E-state index contributed by atoms with van der Waals surface area (Å²) in [5.74, 6) is -0.162. The van der Waals surface area contributed by atoms with Crippen molar-refractivity contribution in [3.63, 3.8) is 0 Å². The lowest BCUT2D eigenvalue weighted by Crippen LogP contribution is -2.57. The van der Waals surface area contributed by atoms with Crippen LogP contribution in [0.3, 0.4) is 0 Å². The summed E-state index contributed by atoms with van der Waals surface area (Å²) >= 11 is 1.45. The molecule has 0 aromatic heterocycles. The topological polar surface area (TPSA) is 75.6 Å². The lowest BCUT2D eigenvalue weighted by molar-refractivity contribution is -0.184.